The third kappa shape index (κ3) is 3.95. The van der Waals surface area contributed by atoms with Crippen LogP contribution in [0.25, 0.3) is 0 Å². The van der Waals surface area contributed by atoms with Crippen LogP contribution in [0.15, 0.2) is 41.8 Å². The van der Waals surface area contributed by atoms with E-state index in [1.54, 1.807) is 30.6 Å². The van der Waals surface area contributed by atoms with Crippen molar-refractivity contribution in [2.45, 2.75) is 6.42 Å². The van der Waals surface area contributed by atoms with Gasteiger partial charge in [-0.3, -0.25) is 19.9 Å². The molecule has 2 rings (SSSR count). The molecule has 0 saturated heterocycles. The Morgan fingerprint density at radius 1 is 1.50 bits per heavy atom. The van der Waals surface area contributed by atoms with E-state index in [-0.39, 0.29) is 17.3 Å². The van der Waals surface area contributed by atoms with E-state index in [0.717, 1.165) is 16.9 Å². The van der Waals surface area contributed by atoms with Crippen molar-refractivity contribution in [3.63, 3.8) is 0 Å². The number of hydrogen-bond donors (Lipinski definition) is 1. The highest BCUT2D eigenvalue weighted by atomic mass is 32.1. The van der Waals surface area contributed by atoms with Gasteiger partial charge in [0.1, 0.15) is 0 Å². The van der Waals surface area contributed by atoms with Gasteiger partial charge in [0.2, 0.25) is 5.91 Å². The molecular weight excluding hydrogens is 280 g/mol. The number of amides is 1. The topological polar surface area (TPSA) is 97.5 Å². The van der Waals surface area contributed by atoms with Gasteiger partial charge in [-0.25, -0.2) is 5.43 Å². The van der Waals surface area contributed by atoms with Crippen molar-refractivity contribution in [3.8, 4) is 0 Å². The molecule has 2 aromatic heterocycles. The quantitative estimate of drug-likeness (QED) is 0.515. The summed E-state index contributed by atoms with van der Waals surface area (Å²) in [7, 11) is 0. The Hall–Kier alpha value is -2.61. The van der Waals surface area contributed by atoms with Gasteiger partial charge in [-0.1, -0.05) is 17.4 Å². The maximum Gasteiger partial charge on any atom is 0.324 e. The average molecular weight is 290 g/mol. The standard InChI is InChI=1S/C12H10N4O3S/c17-11(6-9-2-1-5-13-7-9)15-14-8-10-3-4-12(20-10)16(18)19/h1-5,7-8H,6H2,(H,15,17)/b14-8+. The molecule has 0 radical (unpaired) electrons. The highest BCUT2D eigenvalue weighted by Crippen LogP contribution is 2.22. The molecule has 0 bridgehead atoms. The summed E-state index contributed by atoms with van der Waals surface area (Å²) in [4.78, 5) is 26.1. The molecule has 0 aliphatic heterocycles. The average Bonchev–Trinajstić information content (AvgIpc) is 2.89. The van der Waals surface area contributed by atoms with Crippen molar-refractivity contribution >= 4 is 28.5 Å². The Morgan fingerprint density at radius 2 is 2.35 bits per heavy atom. The van der Waals surface area contributed by atoms with E-state index in [0.29, 0.717) is 4.88 Å². The summed E-state index contributed by atoms with van der Waals surface area (Å²) in [6, 6.07) is 6.50. The number of hydrazone groups is 1. The predicted molar refractivity (Wildman–Crippen MR) is 74.7 cm³/mol. The van der Waals surface area contributed by atoms with Gasteiger partial charge in [0.15, 0.2) is 0 Å². The summed E-state index contributed by atoms with van der Waals surface area (Å²) < 4.78 is 0. The molecule has 7 nitrogen and oxygen atoms in total. The first kappa shape index (κ1) is 13.8. The monoisotopic (exact) mass is 290 g/mol. The maximum absolute atomic E-state index is 11.6. The molecule has 0 fully saturated rings. The minimum atomic E-state index is -0.469. The number of nitrogens with zero attached hydrogens (tertiary/aromatic N) is 3. The number of carbonyl (C=O) groups excluding carboxylic acids is 1. The molecule has 0 aromatic carbocycles. The number of aromatic nitrogens is 1. The second kappa shape index (κ2) is 6.53. The highest BCUT2D eigenvalue weighted by molar-refractivity contribution is 7.16. The lowest BCUT2D eigenvalue weighted by molar-refractivity contribution is -0.380. The normalized spacial score (nSPS) is 10.6. The highest BCUT2D eigenvalue weighted by Gasteiger charge is 2.08. The van der Waals surface area contributed by atoms with Crippen LogP contribution in [0.2, 0.25) is 0 Å². The molecule has 0 aliphatic rings. The third-order valence-electron chi connectivity index (χ3n) is 2.26. The van der Waals surface area contributed by atoms with E-state index in [4.69, 9.17) is 0 Å². The van der Waals surface area contributed by atoms with Crippen molar-refractivity contribution < 1.29 is 9.72 Å². The van der Waals surface area contributed by atoms with Crippen LogP contribution in [-0.2, 0) is 11.2 Å². The lowest BCUT2D eigenvalue weighted by Gasteiger charge is -1.98. The first-order valence-corrected chi connectivity index (χ1v) is 6.42. The van der Waals surface area contributed by atoms with E-state index in [9.17, 15) is 14.9 Å². The Balaban J connectivity index is 1.86. The van der Waals surface area contributed by atoms with Crippen molar-refractivity contribution in [2.24, 2.45) is 5.10 Å². The lowest BCUT2D eigenvalue weighted by Crippen LogP contribution is -2.19. The molecule has 0 saturated carbocycles. The van der Waals surface area contributed by atoms with E-state index in [1.807, 2.05) is 0 Å². The SMILES string of the molecule is O=C(Cc1cccnc1)N/N=C/c1ccc([N+](=O)[O-])s1. The van der Waals surface area contributed by atoms with Crippen LogP contribution in [0, 0.1) is 10.1 Å². The predicted octanol–water partition coefficient (Wildman–Crippen LogP) is 1.74. The van der Waals surface area contributed by atoms with E-state index < -0.39 is 4.92 Å². The lowest BCUT2D eigenvalue weighted by atomic mass is 10.2. The van der Waals surface area contributed by atoms with Gasteiger partial charge in [-0.15, -0.1) is 0 Å². The molecule has 2 aromatic rings. The summed E-state index contributed by atoms with van der Waals surface area (Å²) in [5, 5.41) is 14.3. The summed E-state index contributed by atoms with van der Waals surface area (Å²) in [6.07, 6.45) is 4.78. The van der Waals surface area contributed by atoms with Gasteiger partial charge >= 0.3 is 5.00 Å². The molecule has 0 spiro atoms. The largest absolute Gasteiger partial charge is 0.324 e. The van der Waals surface area contributed by atoms with Gasteiger partial charge in [-0.2, -0.15) is 5.10 Å². The zero-order valence-electron chi connectivity index (χ0n) is 10.2. The van der Waals surface area contributed by atoms with Crippen molar-refractivity contribution in [1.82, 2.24) is 10.4 Å². The molecule has 20 heavy (non-hydrogen) atoms. The van der Waals surface area contributed by atoms with Gasteiger partial charge in [0, 0.05) is 18.5 Å². The number of carbonyl (C=O) groups is 1. The second-order valence-corrected chi connectivity index (χ2v) is 4.86. The van der Waals surface area contributed by atoms with Crippen LogP contribution in [0.4, 0.5) is 5.00 Å². The Labute approximate surface area is 118 Å². The van der Waals surface area contributed by atoms with Gasteiger partial charge < -0.3 is 0 Å². The molecule has 0 aliphatic carbocycles. The van der Waals surface area contributed by atoms with Crippen LogP contribution in [0.5, 0.6) is 0 Å². The van der Waals surface area contributed by atoms with Gasteiger partial charge in [0.05, 0.1) is 22.4 Å². The maximum atomic E-state index is 11.6. The second-order valence-electron chi connectivity index (χ2n) is 3.76. The number of nitrogens with one attached hydrogen (secondary N) is 1. The summed E-state index contributed by atoms with van der Waals surface area (Å²) in [5.74, 6) is -0.277. The Morgan fingerprint density at radius 3 is 3.00 bits per heavy atom. The number of nitro groups is 1. The zero-order chi connectivity index (χ0) is 14.4. The van der Waals surface area contributed by atoms with Crippen LogP contribution in [0.3, 0.4) is 0 Å². The van der Waals surface area contributed by atoms with Crippen molar-refractivity contribution in [1.29, 1.82) is 0 Å². The first-order valence-electron chi connectivity index (χ1n) is 5.60. The van der Waals surface area contributed by atoms with Crippen molar-refractivity contribution in [2.75, 3.05) is 0 Å². The smallest absolute Gasteiger partial charge is 0.273 e. The molecule has 0 unspecified atom stereocenters. The summed E-state index contributed by atoms with van der Waals surface area (Å²) >= 11 is 0.987. The van der Waals surface area contributed by atoms with E-state index >= 15 is 0 Å². The van der Waals surface area contributed by atoms with Gasteiger partial charge in [-0.05, 0) is 17.7 Å². The third-order valence-corrected chi connectivity index (χ3v) is 3.23. The fourth-order valence-corrected chi connectivity index (χ4v) is 2.10. The fourth-order valence-electron chi connectivity index (χ4n) is 1.41. The van der Waals surface area contributed by atoms with Crippen molar-refractivity contribution in [3.05, 3.63) is 57.2 Å². The molecule has 8 heteroatoms. The first-order chi connectivity index (χ1) is 9.65. The summed E-state index contributed by atoms with van der Waals surface area (Å²) in [5.41, 5.74) is 3.14. The van der Waals surface area contributed by atoms with Crippen LogP contribution in [-0.4, -0.2) is 22.0 Å². The Bertz CT molecular complexity index is 639. The fraction of sp³-hybridized carbons (Fsp3) is 0.0833. The molecule has 2 heterocycles. The minimum absolute atomic E-state index is 0.0353. The molecule has 0 atom stereocenters. The zero-order valence-corrected chi connectivity index (χ0v) is 11.0. The van der Waals surface area contributed by atoms with Crippen LogP contribution >= 0.6 is 11.3 Å². The number of hydrogen-bond acceptors (Lipinski definition) is 6. The number of rotatable bonds is 5. The minimum Gasteiger partial charge on any atom is -0.273 e. The molecule has 102 valence electrons. The molecule has 1 amide bonds. The van der Waals surface area contributed by atoms with Gasteiger partial charge in [0.25, 0.3) is 0 Å². The molecular formula is C12H10N4O3S. The van der Waals surface area contributed by atoms with Crippen LogP contribution < -0.4 is 5.43 Å². The summed E-state index contributed by atoms with van der Waals surface area (Å²) in [6.45, 7) is 0. The number of thiophene rings is 1. The molecule has 1 N–H and O–H groups in total. The van der Waals surface area contributed by atoms with E-state index in [2.05, 4.69) is 15.5 Å². The Kier molecular flexibility index (Phi) is 4.51. The van der Waals surface area contributed by atoms with Crippen LogP contribution in [0.1, 0.15) is 10.4 Å². The van der Waals surface area contributed by atoms with E-state index in [1.165, 1.54) is 12.3 Å². The number of pyridine rings is 1.